The zero-order chi connectivity index (χ0) is 23.8. The zero-order valence-corrected chi connectivity index (χ0v) is 20.0. The van der Waals surface area contributed by atoms with E-state index in [0.717, 1.165) is 28.4 Å². The first-order chi connectivity index (χ1) is 16.4. The van der Waals surface area contributed by atoms with Crippen molar-refractivity contribution in [3.8, 4) is 11.4 Å². The minimum Gasteiger partial charge on any atom is -0.487 e. The molecule has 1 N–H and O–H groups in total. The Morgan fingerprint density at radius 2 is 1.85 bits per heavy atom. The minimum absolute atomic E-state index is 0.00601. The van der Waals surface area contributed by atoms with E-state index in [1.165, 1.54) is 16.8 Å². The standard InChI is InChI=1S/C25H20ClN5O2S/c1-15-12-17(16(2)30(15)19-10-8-18(26)9-11-19)13-21-23(27)31-25(28-24(21)32)34-22(29-31)14-33-20-6-4-3-5-7-20/h3-13,27H,14H2,1-2H3. The van der Waals surface area contributed by atoms with Gasteiger partial charge in [0.2, 0.25) is 5.17 Å². The predicted molar refractivity (Wildman–Crippen MR) is 137 cm³/mol. The second kappa shape index (κ2) is 8.96. The summed E-state index contributed by atoms with van der Waals surface area (Å²) in [6, 6.07) is 19.0. The van der Waals surface area contributed by atoms with E-state index in [2.05, 4.69) is 14.7 Å². The smallest absolute Gasteiger partial charge is 0.283 e. The molecule has 0 atom stereocenters. The molecule has 0 aliphatic carbocycles. The van der Waals surface area contributed by atoms with E-state index in [4.69, 9.17) is 21.7 Å². The molecule has 170 valence electrons. The van der Waals surface area contributed by atoms with E-state index in [-0.39, 0.29) is 18.0 Å². The van der Waals surface area contributed by atoms with Gasteiger partial charge in [-0.05, 0) is 79.7 Å². The summed E-state index contributed by atoms with van der Waals surface area (Å²) in [5, 5.41) is 16.1. The Balaban J connectivity index is 1.41. The molecule has 9 heteroatoms. The Morgan fingerprint density at radius 1 is 1.12 bits per heavy atom. The van der Waals surface area contributed by atoms with E-state index < -0.39 is 5.91 Å². The first-order valence-electron chi connectivity index (χ1n) is 10.5. The molecule has 3 aromatic rings. The highest BCUT2D eigenvalue weighted by Crippen LogP contribution is 2.30. The largest absolute Gasteiger partial charge is 0.487 e. The van der Waals surface area contributed by atoms with Crippen molar-refractivity contribution in [3.63, 3.8) is 0 Å². The number of hydrogen-bond acceptors (Lipinski definition) is 5. The van der Waals surface area contributed by atoms with Gasteiger partial charge in [-0.15, -0.1) is 0 Å². The van der Waals surface area contributed by atoms with Crippen LogP contribution in [0.1, 0.15) is 17.0 Å². The van der Waals surface area contributed by atoms with Gasteiger partial charge in [-0.3, -0.25) is 10.2 Å². The zero-order valence-electron chi connectivity index (χ0n) is 18.4. The fourth-order valence-electron chi connectivity index (χ4n) is 3.83. The Hall–Kier alpha value is -3.62. The van der Waals surface area contributed by atoms with Gasteiger partial charge < -0.3 is 9.30 Å². The van der Waals surface area contributed by atoms with Crippen molar-refractivity contribution >= 4 is 51.4 Å². The molecule has 0 radical (unpaired) electrons. The van der Waals surface area contributed by atoms with Gasteiger partial charge in [0.25, 0.3) is 5.91 Å². The molecule has 7 nitrogen and oxygen atoms in total. The third kappa shape index (κ3) is 4.18. The minimum atomic E-state index is -0.458. The van der Waals surface area contributed by atoms with Crippen LogP contribution < -0.4 is 4.74 Å². The molecule has 2 aliphatic heterocycles. The number of aryl methyl sites for hydroxylation is 1. The van der Waals surface area contributed by atoms with Gasteiger partial charge in [-0.2, -0.15) is 15.1 Å². The number of benzene rings is 2. The van der Waals surface area contributed by atoms with Crippen LogP contribution in [0.25, 0.3) is 11.8 Å². The van der Waals surface area contributed by atoms with Gasteiger partial charge >= 0.3 is 0 Å². The van der Waals surface area contributed by atoms with Crippen LogP contribution in [0.2, 0.25) is 5.02 Å². The van der Waals surface area contributed by atoms with Crippen molar-refractivity contribution in [2.24, 2.45) is 10.1 Å². The first-order valence-corrected chi connectivity index (χ1v) is 11.7. The molecule has 1 amide bonds. The monoisotopic (exact) mass is 489 g/mol. The Labute approximate surface area is 205 Å². The van der Waals surface area contributed by atoms with E-state index in [1.807, 2.05) is 74.5 Å². The van der Waals surface area contributed by atoms with E-state index >= 15 is 0 Å². The SMILES string of the molecule is Cc1cc(C=C2C(=N)N3N=C(COc4ccccc4)SC3=NC2=O)c(C)n1-c1ccc(Cl)cc1. The van der Waals surface area contributed by atoms with Crippen molar-refractivity contribution in [1.82, 2.24) is 9.58 Å². The summed E-state index contributed by atoms with van der Waals surface area (Å²) in [7, 11) is 0. The number of aliphatic imine (C=N–C) groups is 1. The third-order valence-electron chi connectivity index (χ3n) is 5.46. The van der Waals surface area contributed by atoms with Crippen LogP contribution in [-0.2, 0) is 4.79 Å². The molecule has 0 fully saturated rings. The number of aromatic nitrogens is 1. The number of amides is 1. The maximum absolute atomic E-state index is 12.8. The molecule has 0 unspecified atom stereocenters. The van der Waals surface area contributed by atoms with Crippen molar-refractivity contribution in [3.05, 3.63) is 88.2 Å². The molecular formula is C25H20ClN5O2S. The number of halogens is 1. The van der Waals surface area contributed by atoms with Crippen LogP contribution in [0.4, 0.5) is 0 Å². The highest BCUT2D eigenvalue weighted by Gasteiger charge is 2.36. The van der Waals surface area contributed by atoms with Crippen LogP contribution in [0.15, 0.2) is 76.3 Å². The van der Waals surface area contributed by atoms with Crippen LogP contribution >= 0.6 is 23.4 Å². The number of amidine groups is 2. The second-order valence-corrected chi connectivity index (χ2v) is 9.23. The molecule has 0 spiro atoms. The van der Waals surface area contributed by atoms with Gasteiger partial charge in [0.05, 0.1) is 5.57 Å². The molecule has 0 bridgehead atoms. The molecule has 0 saturated heterocycles. The van der Waals surface area contributed by atoms with Gasteiger partial charge in [0, 0.05) is 22.1 Å². The van der Waals surface area contributed by atoms with Gasteiger partial charge in [0.1, 0.15) is 17.4 Å². The number of hydrazone groups is 1. The summed E-state index contributed by atoms with van der Waals surface area (Å²) in [6.45, 7) is 4.20. The molecular weight excluding hydrogens is 470 g/mol. The average molecular weight is 490 g/mol. The summed E-state index contributed by atoms with van der Waals surface area (Å²) >= 11 is 7.27. The average Bonchev–Trinajstić information content (AvgIpc) is 3.36. The van der Waals surface area contributed by atoms with Crippen molar-refractivity contribution < 1.29 is 9.53 Å². The number of nitrogens with one attached hydrogen (secondary N) is 1. The number of thioether (sulfide) groups is 1. The fourth-order valence-corrected chi connectivity index (χ4v) is 4.75. The van der Waals surface area contributed by atoms with Crippen molar-refractivity contribution in [2.75, 3.05) is 6.61 Å². The molecule has 1 aromatic heterocycles. The Kier molecular flexibility index (Phi) is 5.85. The first kappa shape index (κ1) is 22.2. The number of rotatable bonds is 5. The number of fused-ring (bicyclic) bond motifs is 1. The van der Waals surface area contributed by atoms with Crippen LogP contribution in [-0.4, -0.2) is 38.1 Å². The Morgan fingerprint density at radius 3 is 2.59 bits per heavy atom. The lowest BCUT2D eigenvalue weighted by Crippen LogP contribution is -2.35. The number of ether oxygens (including phenoxy) is 1. The fraction of sp³-hybridized carbons (Fsp3) is 0.120. The third-order valence-corrected chi connectivity index (χ3v) is 6.59. The van der Waals surface area contributed by atoms with E-state index in [1.54, 1.807) is 6.08 Å². The summed E-state index contributed by atoms with van der Waals surface area (Å²) in [4.78, 5) is 17.0. The summed E-state index contributed by atoms with van der Waals surface area (Å²) in [5.74, 6) is 0.259. The topological polar surface area (TPSA) is 83.0 Å². The molecule has 5 rings (SSSR count). The summed E-state index contributed by atoms with van der Waals surface area (Å²) < 4.78 is 7.83. The summed E-state index contributed by atoms with van der Waals surface area (Å²) in [5.41, 5.74) is 3.94. The van der Waals surface area contributed by atoms with Gasteiger partial charge in [0.15, 0.2) is 5.84 Å². The van der Waals surface area contributed by atoms with Gasteiger partial charge in [-0.1, -0.05) is 29.8 Å². The highest BCUT2D eigenvalue weighted by atomic mass is 35.5. The van der Waals surface area contributed by atoms with E-state index in [0.29, 0.717) is 15.2 Å². The number of hydrogen-bond donors (Lipinski definition) is 1. The van der Waals surface area contributed by atoms with Crippen LogP contribution in [0.5, 0.6) is 5.75 Å². The molecule has 2 aliphatic rings. The molecule has 0 saturated carbocycles. The quantitative estimate of drug-likeness (QED) is 0.483. The maximum Gasteiger partial charge on any atom is 0.283 e. The maximum atomic E-state index is 12.8. The number of para-hydroxylation sites is 1. The van der Waals surface area contributed by atoms with Gasteiger partial charge in [-0.25, -0.2) is 0 Å². The normalized spacial score (nSPS) is 16.6. The van der Waals surface area contributed by atoms with E-state index in [9.17, 15) is 4.79 Å². The predicted octanol–water partition coefficient (Wildman–Crippen LogP) is 5.45. The number of carbonyl (C=O) groups is 1. The van der Waals surface area contributed by atoms with Crippen LogP contribution in [0.3, 0.4) is 0 Å². The number of nitrogens with zero attached hydrogens (tertiary/aromatic N) is 4. The lowest BCUT2D eigenvalue weighted by molar-refractivity contribution is -0.114. The van der Waals surface area contributed by atoms with Crippen molar-refractivity contribution in [1.29, 1.82) is 5.41 Å². The van der Waals surface area contributed by atoms with Crippen molar-refractivity contribution in [2.45, 2.75) is 13.8 Å². The van der Waals surface area contributed by atoms with Crippen LogP contribution in [0, 0.1) is 19.3 Å². The molecule has 2 aromatic carbocycles. The number of carbonyl (C=O) groups excluding carboxylic acids is 1. The molecule has 3 heterocycles. The lowest BCUT2D eigenvalue weighted by Gasteiger charge is -2.20. The summed E-state index contributed by atoms with van der Waals surface area (Å²) in [6.07, 6.45) is 1.71. The highest BCUT2D eigenvalue weighted by molar-refractivity contribution is 8.27. The lowest BCUT2D eigenvalue weighted by atomic mass is 10.1. The Bertz CT molecular complexity index is 1390. The second-order valence-electron chi connectivity index (χ2n) is 7.75. The molecule has 34 heavy (non-hydrogen) atoms.